The first-order chi connectivity index (χ1) is 6.50. The summed E-state index contributed by atoms with van der Waals surface area (Å²) in [5, 5.41) is 0. The highest BCUT2D eigenvalue weighted by Crippen LogP contribution is 2.57. The van der Waals surface area contributed by atoms with Crippen molar-refractivity contribution in [3.8, 4) is 0 Å². The lowest BCUT2D eigenvalue weighted by molar-refractivity contribution is -0.132. The summed E-state index contributed by atoms with van der Waals surface area (Å²) in [4.78, 5) is 10.2. The van der Waals surface area contributed by atoms with Gasteiger partial charge in [-0.3, -0.25) is 4.79 Å². The lowest BCUT2D eigenvalue weighted by Gasteiger charge is -2.39. The maximum Gasteiger partial charge on any atom is 0.293 e. The number of carbonyl (C=O) groups excluding carboxylic acids is 1. The van der Waals surface area contributed by atoms with Gasteiger partial charge >= 0.3 is 0 Å². The Morgan fingerprint density at radius 3 is 2.86 bits per heavy atom. The maximum absolute atomic E-state index is 10.2. The van der Waals surface area contributed by atoms with Crippen LogP contribution < -0.4 is 0 Å². The number of carbonyl (C=O) groups is 1. The third kappa shape index (κ3) is 1.34. The minimum atomic E-state index is -0.0369. The van der Waals surface area contributed by atoms with Crippen molar-refractivity contribution in [2.45, 2.75) is 45.3 Å². The molecule has 1 saturated carbocycles. The van der Waals surface area contributed by atoms with E-state index < -0.39 is 0 Å². The van der Waals surface area contributed by atoms with Crippen LogP contribution in [0.15, 0.2) is 0 Å². The quantitative estimate of drug-likeness (QED) is 0.512. The Morgan fingerprint density at radius 1 is 1.50 bits per heavy atom. The summed E-state index contributed by atoms with van der Waals surface area (Å²) in [6, 6.07) is 0. The second-order valence-electron chi connectivity index (χ2n) is 5.30. The van der Waals surface area contributed by atoms with Crippen molar-refractivity contribution < 1.29 is 14.3 Å². The first kappa shape index (κ1) is 9.97. The summed E-state index contributed by atoms with van der Waals surface area (Å²) in [5.41, 5.74) is 0.176. The topological polar surface area (TPSA) is 38.8 Å². The number of hydrogen-bond acceptors (Lipinski definition) is 3. The highest BCUT2D eigenvalue weighted by molar-refractivity contribution is 5.37. The van der Waals surface area contributed by atoms with Gasteiger partial charge in [0, 0.05) is 5.92 Å². The van der Waals surface area contributed by atoms with E-state index in [4.69, 9.17) is 9.47 Å². The number of hydrogen-bond donors (Lipinski definition) is 0. The lowest BCUT2D eigenvalue weighted by atomic mass is 9.64. The second-order valence-corrected chi connectivity index (χ2v) is 5.30. The van der Waals surface area contributed by atoms with Crippen LogP contribution in [0, 0.1) is 11.3 Å². The highest BCUT2D eigenvalue weighted by atomic mass is 16.6. The van der Waals surface area contributed by atoms with Gasteiger partial charge in [-0.1, -0.05) is 13.8 Å². The van der Waals surface area contributed by atoms with E-state index >= 15 is 0 Å². The van der Waals surface area contributed by atoms with Gasteiger partial charge < -0.3 is 9.47 Å². The van der Waals surface area contributed by atoms with Crippen LogP contribution >= 0.6 is 0 Å². The van der Waals surface area contributed by atoms with Crippen LogP contribution in [-0.4, -0.2) is 24.8 Å². The van der Waals surface area contributed by atoms with Gasteiger partial charge in [0.1, 0.15) is 0 Å². The van der Waals surface area contributed by atoms with Crippen LogP contribution in [0.25, 0.3) is 0 Å². The van der Waals surface area contributed by atoms with Crippen LogP contribution in [0.4, 0.5) is 0 Å². The SMILES string of the molecule is CC1(C)CC[C@@H]2O[C@]2(C)[C@@H]1COC=O. The molecule has 1 aliphatic carbocycles. The minimum Gasteiger partial charge on any atom is -0.467 e. The molecule has 3 heteroatoms. The van der Waals surface area contributed by atoms with Gasteiger partial charge in [0.2, 0.25) is 0 Å². The molecule has 3 nitrogen and oxygen atoms in total. The number of epoxide rings is 1. The molecule has 2 rings (SSSR count). The van der Waals surface area contributed by atoms with Crippen LogP contribution in [0.5, 0.6) is 0 Å². The average molecular weight is 198 g/mol. The van der Waals surface area contributed by atoms with Gasteiger partial charge in [0.25, 0.3) is 6.47 Å². The fourth-order valence-electron chi connectivity index (χ4n) is 2.90. The third-order valence-corrected chi connectivity index (χ3v) is 4.00. The van der Waals surface area contributed by atoms with E-state index in [1.807, 2.05) is 0 Å². The largest absolute Gasteiger partial charge is 0.467 e. The zero-order chi connectivity index (χ0) is 10.4. The molecule has 1 saturated heterocycles. The average Bonchev–Trinajstić information content (AvgIpc) is 2.75. The van der Waals surface area contributed by atoms with Crippen molar-refractivity contribution >= 4 is 6.47 Å². The normalized spacial score (nSPS) is 43.9. The molecule has 0 radical (unpaired) electrons. The smallest absolute Gasteiger partial charge is 0.293 e. The Hall–Kier alpha value is -0.570. The molecule has 2 fully saturated rings. The fourth-order valence-corrected chi connectivity index (χ4v) is 2.90. The molecule has 2 aliphatic rings. The van der Waals surface area contributed by atoms with Crippen LogP contribution in [0.2, 0.25) is 0 Å². The van der Waals surface area contributed by atoms with E-state index in [1.165, 1.54) is 0 Å². The number of fused-ring (bicyclic) bond motifs is 1. The summed E-state index contributed by atoms with van der Waals surface area (Å²) in [6.45, 7) is 7.62. The summed E-state index contributed by atoms with van der Waals surface area (Å²) in [7, 11) is 0. The molecular weight excluding hydrogens is 180 g/mol. The standard InChI is InChI=1S/C11H18O3/c1-10(2)5-4-9-11(3,14-9)8(10)6-13-7-12/h7-9H,4-6H2,1-3H3/t8-,9+,11-/m1/s1. The summed E-state index contributed by atoms with van der Waals surface area (Å²) in [5.74, 6) is 0.332. The first-order valence-corrected chi connectivity index (χ1v) is 5.24. The molecule has 0 aromatic heterocycles. The molecular formula is C11H18O3. The van der Waals surface area contributed by atoms with Gasteiger partial charge in [-0.25, -0.2) is 0 Å². The number of ether oxygens (including phenoxy) is 2. The van der Waals surface area contributed by atoms with Gasteiger partial charge in [-0.05, 0) is 25.2 Å². The molecule has 0 unspecified atom stereocenters. The molecule has 80 valence electrons. The first-order valence-electron chi connectivity index (χ1n) is 5.24. The van der Waals surface area contributed by atoms with E-state index in [9.17, 15) is 4.79 Å². The summed E-state index contributed by atoms with van der Waals surface area (Å²) < 4.78 is 10.6. The zero-order valence-electron chi connectivity index (χ0n) is 9.08. The van der Waals surface area contributed by atoms with Gasteiger partial charge in [-0.15, -0.1) is 0 Å². The molecule has 14 heavy (non-hydrogen) atoms. The van der Waals surface area contributed by atoms with Crippen molar-refractivity contribution in [1.29, 1.82) is 0 Å². The van der Waals surface area contributed by atoms with Gasteiger partial charge in [0.15, 0.2) is 0 Å². The molecule has 1 aliphatic heterocycles. The van der Waals surface area contributed by atoms with E-state index in [2.05, 4.69) is 20.8 Å². The molecule has 0 amide bonds. The lowest BCUT2D eigenvalue weighted by Crippen LogP contribution is -2.43. The van der Waals surface area contributed by atoms with E-state index in [0.717, 1.165) is 12.8 Å². The molecule has 1 heterocycles. The maximum atomic E-state index is 10.2. The van der Waals surface area contributed by atoms with Crippen molar-refractivity contribution in [1.82, 2.24) is 0 Å². The molecule has 0 bridgehead atoms. The second kappa shape index (κ2) is 2.96. The van der Waals surface area contributed by atoms with Crippen molar-refractivity contribution in [3.05, 3.63) is 0 Å². The monoisotopic (exact) mass is 198 g/mol. The van der Waals surface area contributed by atoms with Crippen molar-refractivity contribution in [3.63, 3.8) is 0 Å². The van der Waals surface area contributed by atoms with Gasteiger partial charge in [-0.2, -0.15) is 0 Å². The van der Waals surface area contributed by atoms with E-state index in [-0.39, 0.29) is 11.0 Å². The van der Waals surface area contributed by atoms with Gasteiger partial charge in [0.05, 0.1) is 18.3 Å². The highest BCUT2D eigenvalue weighted by Gasteiger charge is 2.64. The fraction of sp³-hybridized carbons (Fsp3) is 0.909. The van der Waals surface area contributed by atoms with Crippen molar-refractivity contribution in [2.24, 2.45) is 11.3 Å². The molecule has 3 atom stereocenters. The minimum absolute atomic E-state index is 0.0369. The Kier molecular flexibility index (Phi) is 2.11. The predicted octanol–water partition coefficient (Wildman–Crippen LogP) is 1.75. The number of rotatable bonds is 3. The Balaban J connectivity index is 2.10. The Labute approximate surface area is 84.8 Å². The Morgan fingerprint density at radius 2 is 2.21 bits per heavy atom. The van der Waals surface area contributed by atoms with Crippen LogP contribution in [0.3, 0.4) is 0 Å². The predicted molar refractivity (Wildman–Crippen MR) is 51.8 cm³/mol. The zero-order valence-corrected chi connectivity index (χ0v) is 9.08. The van der Waals surface area contributed by atoms with Crippen LogP contribution in [-0.2, 0) is 14.3 Å². The molecule has 0 aromatic rings. The Bertz CT molecular complexity index is 244. The third-order valence-electron chi connectivity index (χ3n) is 4.00. The molecule has 0 spiro atoms. The molecule has 0 N–H and O–H groups in total. The van der Waals surface area contributed by atoms with E-state index in [1.54, 1.807) is 0 Å². The van der Waals surface area contributed by atoms with Crippen LogP contribution in [0.1, 0.15) is 33.6 Å². The summed E-state index contributed by atoms with van der Waals surface area (Å²) in [6.07, 6.45) is 2.69. The van der Waals surface area contributed by atoms with Crippen molar-refractivity contribution in [2.75, 3.05) is 6.61 Å². The summed E-state index contributed by atoms with van der Waals surface area (Å²) >= 11 is 0. The van der Waals surface area contributed by atoms with E-state index in [0.29, 0.717) is 25.1 Å². The molecule has 0 aromatic carbocycles.